The molecule has 6 heteroatoms. The van der Waals surface area contributed by atoms with Gasteiger partial charge in [0.2, 0.25) is 0 Å². The van der Waals surface area contributed by atoms with Crippen molar-refractivity contribution < 1.29 is 9.90 Å². The van der Waals surface area contributed by atoms with Crippen molar-refractivity contribution in [2.75, 3.05) is 5.32 Å². The van der Waals surface area contributed by atoms with Crippen LogP contribution in [-0.2, 0) is 4.79 Å². The van der Waals surface area contributed by atoms with Crippen molar-refractivity contribution in [1.29, 1.82) is 0 Å². The van der Waals surface area contributed by atoms with E-state index in [4.69, 9.17) is 0 Å². The fraction of sp³-hybridized carbons (Fsp3) is 0.211. The molecule has 4 rings (SSSR count). The highest BCUT2D eigenvalue weighted by Gasteiger charge is 2.27. The Kier molecular flexibility index (Phi) is 4.03. The van der Waals surface area contributed by atoms with E-state index in [1.165, 1.54) is 12.8 Å². The van der Waals surface area contributed by atoms with Crippen LogP contribution in [0.15, 0.2) is 54.6 Å². The summed E-state index contributed by atoms with van der Waals surface area (Å²) in [4.78, 5) is 16.7. The summed E-state index contributed by atoms with van der Waals surface area (Å²) in [5.74, 6) is 1.66. The van der Waals surface area contributed by atoms with Gasteiger partial charge in [0, 0.05) is 17.2 Å². The van der Waals surface area contributed by atoms with Crippen molar-refractivity contribution in [1.82, 2.24) is 15.2 Å². The lowest BCUT2D eigenvalue weighted by Gasteiger charge is -2.11. The molecule has 3 N–H and O–H groups in total. The van der Waals surface area contributed by atoms with E-state index in [1.54, 1.807) is 36.4 Å². The lowest BCUT2D eigenvalue weighted by molar-refractivity contribution is -0.124. The molecule has 0 bridgehead atoms. The summed E-state index contributed by atoms with van der Waals surface area (Å²) in [6.07, 6.45) is 1.14. The number of anilines is 1. The summed E-state index contributed by atoms with van der Waals surface area (Å²) in [6.45, 7) is 0. The highest BCUT2D eigenvalue weighted by Crippen LogP contribution is 2.38. The van der Waals surface area contributed by atoms with Gasteiger partial charge in [-0.25, -0.2) is 4.98 Å². The number of aromatic amines is 1. The van der Waals surface area contributed by atoms with Crippen molar-refractivity contribution in [2.45, 2.75) is 24.9 Å². The predicted octanol–water partition coefficient (Wildman–Crippen LogP) is 3.02. The standard InChI is InChI=1S/C19H18N4O2/c24-16(12-4-2-1-3-5-12)19(25)20-15-10-8-14(9-11-15)18-21-17(22-23-18)13-6-7-13/h1-5,8-11,13,16,24H,6-7H2,(H,20,25)(H,21,22,23). The van der Waals surface area contributed by atoms with Crippen LogP contribution in [0.2, 0.25) is 0 Å². The number of hydrogen-bond donors (Lipinski definition) is 3. The number of hydrogen-bond acceptors (Lipinski definition) is 4. The number of benzene rings is 2. The van der Waals surface area contributed by atoms with E-state index in [1.807, 2.05) is 18.2 Å². The SMILES string of the molecule is O=C(Nc1ccc(-c2n[nH]c(C3CC3)n2)cc1)C(O)c1ccccc1. The maximum absolute atomic E-state index is 12.2. The van der Waals surface area contributed by atoms with E-state index >= 15 is 0 Å². The summed E-state index contributed by atoms with van der Waals surface area (Å²) in [5, 5.41) is 20.0. The minimum atomic E-state index is -1.20. The first kappa shape index (κ1) is 15.5. The third kappa shape index (κ3) is 3.44. The summed E-state index contributed by atoms with van der Waals surface area (Å²) < 4.78 is 0. The zero-order chi connectivity index (χ0) is 17.2. The lowest BCUT2D eigenvalue weighted by Crippen LogP contribution is -2.20. The summed E-state index contributed by atoms with van der Waals surface area (Å²) in [5.41, 5.74) is 2.05. The number of aromatic nitrogens is 3. The third-order valence-corrected chi connectivity index (χ3v) is 4.24. The zero-order valence-corrected chi connectivity index (χ0v) is 13.5. The second-order valence-electron chi connectivity index (χ2n) is 6.20. The van der Waals surface area contributed by atoms with Crippen molar-refractivity contribution >= 4 is 11.6 Å². The summed E-state index contributed by atoms with van der Waals surface area (Å²) in [7, 11) is 0. The van der Waals surface area contributed by atoms with Gasteiger partial charge >= 0.3 is 0 Å². The molecular formula is C19H18N4O2. The molecule has 1 fully saturated rings. The summed E-state index contributed by atoms with van der Waals surface area (Å²) >= 11 is 0. The van der Waals surface area contributed by atoms with Crippen LogP contribution in [0.4, 0.5) is 5.69 Å². The minimum absolute atomic E-state index is 0.465. The quantitative estimate of drug-likeness (QED) is 0.669. The monoisotopic (exact) mass is 334 g/mol. The van der Waals surface area contributed by atoms with Gasteiger partial charge < -0.3 is 10.4 Å². The Morgan fingerprint density at radius 3 is 2.52 bits per heavy atom. The molecule has 1 atom stereocenters. The molecule has 0 saturated heterocycles. The molecule has 0 spiro atoms. The molecule has 2 aromatic carbocycles. The van der Waals surface area contributed by atoms with E-state index < -0.39 is 12.0 Å². The number of carbonyl (C=O) groups is 1. The van der Waals surface area contributed by atoms with Gasteiger partial charge in [-0.2, -0.15) is 5.10 Å². The topological polar surface area (TPSA) is 90.9 Å². The first-order valence-electron chi connectivity index (χ1n) is 8.27. The van der Waals surface area contributed by atoms with Crippen molar-refractivity contribution in [3.8, 4) is 11.4 Å². The largest absolute Gasteiger partial charge is 0.378 e. The average molecular weight is 334 g/mol. The molecule has 1 amide bonds. The highest BCUT2D eigenvalue weighted by atomic mass is 16.3. The Hall–Kier alpha value is -2.99. The minimum Gasteiger partial charge on any atom is -0.378 e. The van der Waals surface area contributed by atoms with Crippen LogP contribution >= 0.6 is 0 Å². The molecule has 0 radical (unpaired) electrons. The number of aliphatic hydroxyl groups is 1. The number of nitrogens with zero attached hydrogens (tertiary/aromatic N) is 2. The van der Waals surface area contributed by atoms with Gasteiger partial charge in [0.1, 0.15) is 5.82 Å². The molecule has 6 nitrogen and oxygen atoms in total. The number of nitrogens with one attached hydrogen (secondary N) is 2. The Labute approximate surface area is 144 Å². The third-order valence-electron chi connectivity index (χ3n) is 4.24. The Bertz CT molecular complexity index is 870. The van der Waals surface area contributed by atoms with E-state index in [0.717, 1.165) is 11.4 Å². The Morgan fingerprint density at radius 1 is 1.12 bits per heavy atom. The molecule has 1 heterocycles. The fourth-order valence-corrected chi connectivity index (χ4v) is 2.64. The van der Waals surface area contributed by atoms with Gasteiger partial charge in [0.25, 0.3) is 5.91 Å². The second kappa shape index (κ2) is 6.49. The normalized spacial score (nSPS) is 14.9. The molecule has 1 saturated carbocycles. The number of carbonyl (C=O) groups excluding carboxylic acids is 1. The molecular weight excluding hydrogens is 316 g/mol. The van der Waals surface area contributed by atoms with E-state index in [-0.39, 0.29) is 0 Å². The smallest absolute Gasteiger partial charge is 0.257 e. The molecule has 1 unspecified atom stereocenters. The second-order valence-corrected chi connectivity index (χ2v) is 6.20. The average Bonchev–Trinajstić information content (AvgIpc) is 3.39. The van der Waals surface area contributed by atoms with Crippen LogP contribution < -0.4 is 5.32 Å². The van der Waals surface area contributed by atoms with Crippen LogP contribution in [0.5, 0.6) is 0 Å². The van der Waals surface area contributed by atoms with E-state index in [2.05, 4.69) is 20.5 Å². The van der Waals surface area contributed by atoms with Gasteiger partial charge in [-0.3, -0.25) is 9.89 Å². The molecule has 1 aliphatic carbocycles. The van der Waals surface area contributed by atoms with Crippen LogP contribution in [0.3, 0.4) is 0 Å². The molecule has 0 aliphatic heterocycles. The zero-order valence-electron chi connectivity index (χ0n) is 13.5. The van der Waals surface area contributed by atoms with Crippen molar-refractivity contribution in [3.05, 3.63) is 66.0 Å². The number of rotatable bonds is 5. The first-order valence-corrected chi connectivity index (χ1v) is 8.27. The van der Waals surface area contributed by atoms with Gasteiger partial charge in [-0.15, -0.1) is 0 Å². The molecule has 1 aliphatic rings. The number of H-pyrrole nitrogens is 1. The van der Waals surface area contributed by atoms with Crippen LogP contribution in [-0.4, -0.2) is 26.2 Å². The van der Waals surface area contributed by atoms with Gasteiger partial charge in [-0.1, -0.05) is 30.3 Å². The van der Waals surface area contributed by atoms with Gasteiger partial charge in [0.05, 0.1) is 0 Å². The fourth-order valence-electron chi connectivity index (χ4n) is 2.64. The Balaban J connectivity index is 1.43. The molecule has 1 aromatic heterocycles. The number of amides is 1. The molecule has 25 heavy (non-hydrogen) atoms. The van der Waals surface area contributed by atoms with E-state index in [9.17, 15) is 9.90 Å². The van der Waals surface area contributed by atoms with E-state index in [0.29, 0.717) is 23.0 Å². The van der Waals surface area contributed by atoms with Crippen LogP contribution in [0.25, 0.3) is 11.4 Å². The first-order chi connectivity index (χ1) is 12.2. The molecule has 126 valence electrons. The molecule has 3 aromatic rings. The van der Waals surface area contributed by atoms with Gasteiger partial charge in [-0.05, 0) is 42.7 Å². The maximum atomic E-state index is 12.2. The maximum Gasteiger partial charge on any atom is 0.257 e. The predicted molar refractivity (Wildman–Crippen MR) is 93.8 cm³/mol. The van der Waals surface area contributed by atoms with Gasteiger partial charge in [0.15, 0.2) is 11.9 Å². The Morgan fingerprint density at radius 2 is 1.84 bits per heavy atom. The van der Waals surface area contributed by atoms with Crippen molar-refractivity contribution in [3.63, 3.8) is 0 Å². The number of aliphatic hydroxyl groups excluding tert-OH is 1. The van der Waals surface area contributed by atoms with Crippen LogP contribution in [0, 0.1) is 0 Å². The van der Waals surface area contributed by atoms with Crippen molar-refractivity contribution in [2.24, 2.45) is 0 Å². The lowest BCUT2D eigenvalue weighted by atomic mass is 10.1. The summed E-state index contributed by atoms with van der Waals surface area (Å²) in [6, 6.07) is 16.1. The van der Waals surface area contributed by atoms with Crippen LogP contribution in [0.1, 0.15) is 36.3 Å². The highest BCUT2D eigenvalue weighted by molar-refractivity contribution is 5.94.